The van der Waals surface area contributed by atoms with E-state index in [0.29, 0.717) is 24.0 Å². The van der Waals surface area contributed by atoms with Crippen molar-refractivity contribution in [3.63, 3.8) is 0 Å². The third kappa shape index (κ3) is 2.29. The van der Waals surface area contributed by atoms with Crippen molar-refractivity contribution in [3.8, 4) is 0 Å². The Morgan fingerprint density at radius 3 is 3.05 bits per heavy atom. The van der Waals surface area contributed by atoms with E-state index in [4.69, 9.17) is 16.1 Å². The summed E-state index contributed by atoms with van der Waals surface area (Å²) in [7, 11) is 0. The molecule has 1 aliphatic carbocycles. The molecule has 1 N–H and O–H groups in total. The lowest BCUT2D eigenvalue weighted by Gasteiger charge is -2.06. The molecule has 7 heteroatoms. The molecule has 4 rings (SSSR count). The second kappa shape index (κ2) is 5.21. The van der Waals surface area contributed by atoms with Crippen molar-refractivity contribution in [3.05, 3.63) is 57.7 Å². The number of halogens is 1. The molecule has 0 amide bonds. The first-order valence-electron chi connectivity index (χ1n) is 7.18. The number of aryl methyl sites for hydroxylation is 1. The van der Waals surface area contributed by atoms with E-state index in [0.717, 1.165) is 23.7 Å². The third-order valence-electron chi connectivity index (χ3n) is 3.96. The zero-order valence-corrected chi connectivity index (χ0v) is 12.8. The Balaban J connectivity index is 1.59. The molecular weight excluding hydrogens is 302 g/mol. The maximum absolute atomic E-state index is 6.25. The standard InChI is InChI=1S/C15H14ClN5O/c1-8-17-13(20-19-8)7-14-18-15(22-21-14)11-6-5-10-9(11)3-2-4-12(10)16/h2-4,11H,5-7H2,1H3,(H,17,19,20). The second-order valence-corrected chi connectivity index (χ2v) is 5.87. The van der Waals surface area contributed by atoms with Crippen molar-refractivity contribution in [1.82, 2.24) is 25.3 Å². The van der Waals surface area contributed by atoms with Crippen molar-refractivity contribution in [1.29, 1.82) is 0 Å². The number of H-pyrrole nitrogens is 1. The van der Waals surface area contributed by atoms with Crippen molar-refractivity contribution in [2.24, 2.45) is 0 Å². The van der Waals surface area contributed by atoms with Crippen molar-refractivity contribution in [2.75, 3.05) is 0 Å². The molecule has 2 aromatic heterocycles. The fourth-order valence-electron chi connectivity index (χ4n) is 2.96. The normalized spacial score (nSPS) is 16.9. The lowest BCUT2D eigenvalue weighted by molar-refractivity contribution is 0.360. The van der Waals surface area contributed by atoms with Gasteiger partial charge in [-0.1, -0.05) is 28.9 Å². The lowest BCUT2D eigenvalue weighted by Crippen LogP contribution is -1.98. The lowest BCUT2D eigenvalue weighted by atomic mass is 10.0. The van der Waals surface area contributed by atoms with Gasteiger partial charge in [0.1, 0.15) is 5.82 Å². The molecule has 0 aliphatic heterocycles. The first kappa shape index (κ1) is 13.5. The van der Waals surface area contributed by atoms with Gasteiger partial charge in [0, 0.05) is 5.02 Å². The number of benzene rings is 1. The van der Waals surface area contributed by atoms with Crippen LogP contribution >= 0.6 is 11.6 Å². The molecule has 1 aliphatic rings. The van der Waals surface area contributed by atoms with E-state index in [1.807, 2.05) is 19.1 Å². The van der Waals surface area contributed by atoms with E-state index in [2.05, 4.69) is 31.4 Å². The SMILES string of the molecule is Cc1nc(Cc2noc(C3CCc4c(Cl)cccc43)n2)n[nH]1. The topological polar surface area (TPSA) is 80.5 Å². The molecule has 0 spiro atoms. The molecule has 22 heavy (non-hydrogen) atoms. The van der Waals surface area contributed by atoms with Gasteiger partial charge >= 0.3 is 0 Å². The minimum Gasteiger partial charge on any atom is -0.339 e. The summed E-state index contributed by atoms with van der Waals surface area (Å²) in [6.45, 7) is 1.86. The summed E-state index contributed by atoms with van der Waals surface area (Å²) in [5, 5.41) is 11.8. The molecule has 0 radical (unpaired) electrons. The van der Waals surface area contributed by atoms with E-state index in [9.17, 15) is 0 Å². The van der Waals surface area contributed by atoms with Crippen LogP contribution in [-0.4, -0.2) is 25.3 Å². The van der Waals surface area contributed by atoms with Crippen LogP contribution in [-0.2, 0) is 12.8 Å². The zero-order valence-electron chi connectivity index (χ0n) is 12.0. The van der Waals surface area contributed by atoms with Crippen LogP contribution in [0, 0.1) is 6.92 Å². The van der Waals surface area contributed by atoms with E-state index in [1.165, 1.54) is 11.1 Å². The molecule has 6 nitrogen and oxygen atoms in total. The van der Waals surface area contributed by atoms with Gasteiger partial charge in [-0.2, -0.15) is 10.1 Å². The van der Waals surface area contributed by atoms with Crippen LogP contribution in [0.25, 0.3) is 0 Å². The van der Waals surface area contributed by atoms with Crippen LogP contribution in [0.4, 0.5) is 0 Å². The molecule has 0 saturated heterocycles. The van der Waals surface area contributed by atoms with Gasteiger partial charge in [0.2, 0.25) is 5.89 Å². The zero-order chi connectivity index (χ0) is 15.1. The predicted octanol–water partition coefficient (Wildman–Crippen LogP) is 2.82. The van der Waals surface area contributed by atoms with Gasteiger partial charge in [-0.25, -0.2) is 4.98 Å². The monoisotopic (exact) mass is 315 g/mol. The van der Waals surface area contributed by atoms with Crippen molar-refractivity contribution in [2.45, 2.75) is 32.1 Å². The van der Waals surface area contributed by atoms with Gasteiger partial charge in [-0.05, 0) is 37.0 Å². The van der Waals surface area contributed by atoms with Crippen LogP contribution in [0.5, 0.6) is 0 Å². The van der Waals surface area contributed by atoms with Crippen LogP contribution in [0.15, 0.2) is 22.7 Å². The maximum Gasteiger partial charge on any atom is 0.234 e. The van der Waals surface area contributed by atoms with E-state index >= 15 is 0 Å². The number of nitrogens with zero attached hydrogens (tertiary/aromatic N) is 4. The quantitative estimate of drug-likeness (QED) is 0.803. The number of nitrogens with one attached hydrogen (secondary N) is 1. The highest BCUT2D eigenvalue weighted by molar-refractivity contribution is 6.31. The average molecular weight is 316 g/mol. The van der Waals surface area contributed by atoms with Crippen LogP contribution in [0.2, 0.25) is 5.02 Å². The van der Waals surface area contributed by atoms with Gasteiger partial charge in [0.25, 0.3) is 0 Å². The molecule has 3 aromatic rings. The summed E-state index contributed by atoms with van der Waals surface area (Å²) < 4.78 is 5.45. The number of hydrogen-bond donors (Lipinski definition) is 1. The van der Waals surface area contributed by atoms with E-state index in [-0.39, 0.29) is 5.92 Å². The number of hydrogen-bond acceptors (Lipinski definition) is 5. The predicted molar refractivity (Wildman–Crippen MR) is 79.8 cm³/mol. The highest BCUT2D eigenvalue weighted by atomic mass is 35.5. The Labute approximate surface area is 131 Å². The Hall–Kier alpha value is -2.21. The number of aromatic amines is 1. The maximum atomic E-state index is 6.25. The summed E-state index contributed by atoms with van der Waals surface area (Å²) in [5.74, 6) is 2.81. The van der Waals surface area contributed by atoms with Crippen LogP contribution in [0.3, 0.4) is 0 Å². The smallest absolute Gasteiger partial charge is 0.234 e. The summed E-state index contributed by atoms with van der Waals surface area (Å²) in [4.78, 5) is 8.77. The minimum atomic E-state index is 0.129. The first-order chi connectivity index (χ1) is 10.7. The fourth-order valence-corrected chi connectivity index (χ4v) is 3.23. The first-order valence-corrected chi connectivity index (χ1v) is 7.56. The highest BCUT2D eigenvalue weighted by Gasteiger charge is 2.29. The Morgan fingerprint density at radius 1 is 1.32 bits per heavy atom. The number of aromatic nitrogens is 5. The average Bonchev–Trinajstić information content (AvgIpc) is 3.19. The summed E-state index contributed by atoms with van der Waals surface area (Å²) in [5.41, 5.74) is 2.38. The second-order valence-electron chi connectivity index (χ2n) is 5.46. The molecule has 1 unspecified atom stereocenters. The van der Waals surface area contributed by atoms with Gasteiger partial charge in [-0.3, -0.25) is 5.10 Å². The number of fused-ring (bicyclic) bond motifs is 1. The summed E-state index contributed by atoms with van der Waals surface area (Å²) in [6.07, 6.45) is 2.35. The molecule has 2 heterocycles. The molecule has 0 saturated carbocycles. The van der Waals surface area contributed by atoms with Crippen molar-refractivity contribution >= 4 is 11.6 Å². The third-order valence-corrected chi connectivity index (χ3v) is 4.31. The van der Waals surface area contributed by atoms with Gasteiger partial charge in [0.05, 0.1) is 12.3 Å². The summed E-state index contributed by atoms with van der Waals surface area (Å²) >= 11 is 6.25. The minimum absolute atomic E-state index is 0.129. The van der Waals surface area contributed by atoms with Crippen LogP contribution < -0.4 is 0 Å². The van der Waals surface area contributed by atoms with Gasteiger partial charge in [0.15, 0.2) is 11.6 Å². The Kier molecular flexibility index (Phi) is 3.18. The molecule has 0 bridgehead atoms. The Morgan fingerprint density at radius 2 is 2.23 bits per heavy atom. The molecule has 0 fully saturated rings. The Bertz CT molecular complexity index is 825. The fraction of sp³-hybridized carbons (Fsp3) is 0.333. The number of rotatable bonds is 3. The summed E-state index contributed by atoms with van der Waals surface area (Å²) in [6, 6.07) is 5.97. The molecule has 1 aromatic carbocycles. The van der Waals surface area contributed by atoms with Gasteiger partial charge < -0.3 is 4.52 Å². The van der Waals surface area contributed by atoms with E-state index in [1.54, 1.807) is 0 Å². The van der Waals surface area contributed by atoms with Crippen LogP contribution in [0.1, 0.15) is 46.8 Å². The van der Waals surface area contributed by atoms with Gasteiger partial charge in [-0.15, -0.1) is 0 Å². The van der Waals surface area contributed by atoms with E-state index < -0.39 is 0 Å². The highest BCUT2D eigenvalue weighted by Crippen LogP contribution is 2.40. The molecule has 112 valence electrons. The van der Waals surface area contributed by atoms with Crippen molar-refractivity contribution < 1.29 is 4.52 Å². The molecule has 1 atom stereocenters. The largest absolute Gasteiger partial charge is 0.339 e. The molecular formula is C15H14ClN5O.